The van der Waals surface area contributed by atoms with E-state index in [-0.39, 0.29) is 62.8 Å². The molecule has 0 unspecified atom stereocenters. The molecule has 8 nitrogen and oxygen atoms in total. The summed E-state index contributed by atoms with van der Waals surface area (Å²) < 4.78 is 75.4. The van der Waals surface area contributed by atoms with Crippen LogP contribution in [0.4, 0.5) is 0 Å². The van der Waals surface area contributed by atoms with Crippen LogP contribution in [0.15, 0.2) is 0 Å². The summed E-state index contributed by atoms with van der Waals surface area (Å²) in [4.78, 5) is 0. The molecule has 0 heterocycles. The average Bonchev–Trinajstić information content (AvgIpc) is 3.56. The van der Waals surface area contributed by atoms with E-state index in [1.165, 1.54) is 385 Å². The van der Waals surface area contributed by atoms with Crippen LogP contribution in [0, 0.1) is 11.8 Å². The zero-order valence-electron chi connectivity index (χ0n) is 59.4. The fourth-order valence-electron chi connectivity index (χ4n) is 12.9. The van der Waals surface area contributed by atoms with Gasteiger partial charge in [-0.1, -0.05) is 439 Å². The van der Waals surface area contributed by atoms with Crippen LogP contribution in [0.25, 0.3) is 0 Å². The van der Waals surface area contributed by atoms with Gasteiger partial charge in [-0.15, -0.1) is 0 Å². The van der Waals surface area contributed by atoms with Crippen molar-refractivity contribution in [3.63, 3.8) is 0 Å². The summed E-state index contributed by atoms with van der Waals surface area (Å²) in [6, 6.07) is 0. The normalized spacial score (nSPS) is 12.0. The van der Waals surface area contributed by atoms with Gasteiger partial charge in [0.2, 0.25) is 20.8 Å². The zero-order valence-corrected chi connectivity index (χ0v) is 63.3. The minimum atomic E-state index is -4.59. The Bertz CT molecular complexity index is 1290. The van der Waals surface area contributed by atoms with Crippen LogP contribution in [0.5, 0.6) is 0 Å². The van der Waals surface area contributed by atoms with Crippen molar-refractivity contribution < 1.29 is 34.3 Å². The van der Waals surface area contributed by atoms with Crippen molar-refractivity contribution in [3.05, 3.63) is 0 Å². The molecule has 0 rings (SSSR count). The Morgan fingerprint density at radius 2 is 0.310 bits per heavy atom. The summed E-state index contributed by atoms with van der Waals surface area (Å²) in [5.41, 5.74) is 0. The molecule has 520 valence electrons. The molecule has 0 atom stereocenters. The van der Waals surface area contributed by atoms with Crippen LogP contribution in [0.1, 0.15) is 464 Å². The summed E-state index contributed by atoms with van der Waals surface area (Å²) in [7, 11) is -9.18. The van der Waals surface area contributed by atoms with E-state index in [0.717, 1.165) is 51.4 Å². The van der Waals surface area contributed by atoms with E-state index >= 15 is 0 Å². The Hall–Kier alpha value is 1.000. The molecule has 0 saturated carbocycles. The Morgan fingerprint density at radius 1 is 0.207 bits per heavy atom. The third kappa shape index (κ3) is 87.0. The molecule has 0 radical (unpaired) electrons. The van der Waals surface area contributed by atoms with Gasteiger partial charge in [-0.25, -0.2) is 16.8 Å². The van der Waals surface area contributed by atoms with Gasteiger partial charge < -0.3 is 9.11 Å². The second kappa shape index (κ2) is 77.7. The summed E-state index contributed by atoms with van der Waals surface area (Å²) in [5.74, 6) is 0.393. The average molecular weight is 1300 g/mol. The first-order valence-electron chi connectivity index (χ1n) is 39.2. The van der Waals surface area contributed by atoms with Crippen LogP contribution < -0.4 is 0 Å². The largest absolute Gasteiger partial charge is 2.00 e. The minimum Gasteiger partial charge on any atom is -0.726 e. The quantitative estimate of drug-likeness (QED) is 0.0254. The summed E-state index contributed by atoms with van der Waals surface area (Å²) in [5, 5.41) is 0. The van der Waals surface area contributed by atoms with Crippen molar-refractivity contribution in [2.45, 2.75) is 464 Å². The molecule has 0 aromatic rings. The van der Waals surface area contributed by atoms with Crippen molar-refractivity contribution >= 4 is 58.5 Å². The van der Waals surface area contributed by atoms with Crippen LogP contribution in [0.2, 0.25) is 0 Å². The van der Waals surface area contributed by atoms with E-state index in [2.05, 4.69) is 36.1 Å². The molecule has 0 saturated heterocycles. The summed E-state index contributed by atoms with van der Waals surface area (Å²) >= 11 is 0. The molecular weight excluding hydrogens is 1150 g/mol. The molecule has 0 spiro atoms. The molecule has 0 aromatic heterocycles. The maximum absolute atomic E-state index is 11.0. The zero-order chi connectivity index (χ0) is 63.1. The van der Waals surface area contributed by atoms with E-state index in [0.29, 0.717) is 0 Å². The van der Waals surface area contributed by atoms with Crippen LogP contribution in [0.3, 0.4) is 0 Å². The fraction of sp³-hybridized carbons (Fsp3) is 1.00. The fourth-order valence-corrected chi connectivity index (χ4v) is 13.6. The van der Waals surface area contributed by atoms with Crippen LogP contribution in [-0.2, 0) is 29.2 Å². The predicted molar refractivity (Wildman–Crippen MR) is 381 cm³/mol. The van der Waals surface area contributed by atoms with E-state index in [4.69, 9.17) is 0 Å². The first-order chi connectivity index (χ1) is 42.0. The predicted octanol–water partition coefficient (Wildman–Crippen LogP) is 26.4. The topological polar surface area (TPSA) is 133 Å². The molecule has 0 N–H and O–H groups in total. The third-order valence-electron chi connectivity index (χ3n) is 18.8. The van der Waals surface area contributed by atoms with Crippen molar-refractivity contribution in [1.29, 1.82) is 0 Å². The van der Waals surface area contributed by atoms with Crippen molar-refractivity contribution in [1.82, 2.24) is 0 Å². The molecular formula is C76H154CaO8S2. The van der Waals surface area contributed by atoms with E-state index in [9.17, 15) is 25.9 Å². The molecule has 87 heavy (non-hydrogen) atoms. The summed E-state index contributed by atoms with van der Waals surface area (Å²) in [6.45, 7) is 9.27. The van der Waals surface area contributed by atoms with Gasteiger partial charge in [0.1, 0.15) is 0 Å². The molecule has 0 aromatic carbocycles. The monoisotopic (exact) mass is 1300 g/mol. The summed E-state index contributed by atoms with van der Waals surface area (Å²) in [6.07, 6.45) is 90.7. The molecule has 0 aliphatic heterocycles. The van der Waals surface area contributed by atoms with E-state index in [1.807, 2.05) is 0 Å². The molecule has 11 heteroatoms. The second-order valence-corrected chi connectivity index (χ2v) is 29.6. The Kier molecular flexibility index (Phi) is 82.3. The number of hydrogen-bond donors (Lipinski definition) is 0. The third-order valence-corrected chi connectivity index (χ3v) is 19.6. The number of rotatable bonds is 74. The standard InChI is InChI=1S/2C38H78O4S.Ca/c2*1-3-5-7-9-11-13-15-17-19-21-23-25-27-29-31-33-35-38(37-42-43(39,40)41)36-34-32-30-28-26-24-22-20-18-16-14-12-10-8-6-4-2;/h2*38H,3-37H2,1-2H3,(H,39,40,41);/q;;+2/p-2. The number of unbranched alkanes of at least 4 members (excludes halogenated alkanes) is 60. The first-order valence-corrected chi connectivity index (χ1v) is 41.9. The molecule has 0 aliphatic carbocycles. The Balaban J connectivity index is -0.00000160. The van der Waals surface area contributed by atoms with Gasteiger partial charge in [0.25, 0.3) is 0 Å². The van der Waals surface area contributed by atoms with Gasteiger partial charge in [-0.05, 0) is 37.5 Å². The second-order valence-electron chi connectivity index (χ2n) is 27.5. The maximum atomic E-state index is 11.0. The van der Waals surface area contributed by atoms with Crippen LogP contribution >= 0.6 is 0 Å². The molecule has 0 bridgehead atoms. The minimum absolute atomic E-state index is 0. The van der Waals surface area contributed by atoms with Gasteiger partial charge >= 0.3 is 37.7 Å². The molecule has 0 aliphatic rings. The smallest absolute Gasteiger partial charge is 0.726 e. The molecule has 0 amide bonds. The Labute approximate surface area is 577 Å². The van der Waals surface area contributed by atoms with Gasteiger partial charge in [-0.3, -0.25) is 8.37 Å². The van der Waals surface area contributed by atoms with Crippen molar-refractivity contribution in [2.75, 3.05) is 13.2 Å². The van der Waals surface area contributed by atoms with Crippen LogP contribution in [-0.4, -0.2) is 76.9 Å². The van der Waals surface area contributed by atoms with E-state index < -0.39 is 20.8 Å². The van der Waals surface area contributed by atoms with Gasteiger partial charge in [0.05, 0.1) is 13.2 Å². The molecule has 0 fully saturated rings. The van der Waals surface area contributed by atoms with Crippen molar-refractivity contribution in [2.24, 2.45) is 11.8 Å². The van der Waals surface area contributed by atoms with Gasteiger partial charge in [-0.2, -0.15) is 0 Å². The first kappa shape index (κ1) is 92.2. The SMILES string of the molecule is CCCCCCCCCCCCCCCCCCC(CCCCCCCCCCCCCCCCCC)COS(=O)(=O)[O-].CCCCCCCCCCCCCCCCCCC(CCCCCCCCCCCCCCCCCC)COS(=O)(=O)[O-].[Ca+2]. The maximum Gasteiger partial charge on any atom is 2.00 e. The number of hydrogen-bond acceptors (Lipinski definition) is 8. The Morgan fingerprint density at radius 3 is 0.414 bits per heavy atom. The van der Waals surface area contributed by atoms with Crippen molar-refractivity contribution in [3.8, 4) is 0 Å². The van der Waals surface area contributed by atoms with Gasteiger partial charge in [0.15, 0.2) is 0 Å². The van der Waals surface area contributed by atoms with E-state index in [1.54, 1.807) is 0 Å². The van der Waals surface area contributed by atoms with Gasteiger partial charge in [0, 0.05) is 0 Å².